The van der Waals surface area contributed by atoms with Crippen LogP contribution in [0.15, 0.2) is 76.4 Å². The monoisotopic (exact) mass is 444 g/mol. The summed E-state index contributed by atoms with van der Waals surface area (Å²) in [5.41, 5.74) is 2.79. The lowest BCUT2D eigenvalue weighted by molar-refractivity contribution is 0.601. The Morgan fingerprint density at radius 2 is 1.79 bits per heavy atom. The molecule has 0 bridgehead atoms. The summed E-state index contributed by atoms with van der Waals surface area (Å²) < 4.78 is 30.6. The van der Waals surface area contributed by atoms with Gasteiger partial charge in [-0.15, -0.1) is 0 Å². The molecule has 0 aliphatic rings. The number of nitrogens with one attached hydrogen (secondary N) is 1. The van der Waals surface area contributed by atoms with Crippen molar-refractivity contribution in [3.05, 3.63) is 92.5 Å². The highest BCUT2D eigenvalue weighted by Crippen LogP contribution is 2.27. The Morgan fingerprint density at radius 1 is 1.03 bits per heavy atom. The van der Waals surface area contributed by atoms with Crippen LogP contribution < -0.4 is 9.60 Å². The number of nitrogens with zero attached hydrogens (tertiary/aromatic N) is 1. The van der Waals surface area contributed by atoms with Crippen molar-refractivity contribution in [2.24, 2.45) is 0 Å². The molecule has 0 saturated carbocycles. The second kappa shape index (κ2) is 7.67. The second-order valence-electron chi connectivity index (χ2n) is 6.59. The number of thiazole rings is 1. The summed E-state index contributed by atoms with van der Waals surface area (Å²) in [7, 11) is -3.82. The Labute approximate surface area is 177 Å². The maximum absolute atomic E-state index is 12.9. The van der Waals surface area contributed by atoms with Gasteiger partial charge in [0.05, 0.1) is 27.3 Å². The number of hydrogen-bond donors (Lipinski definition) is 1. The maximum Gasteiger partial charge on any atom is 0.308 e. The van der Waals surface area contributed by atoms with Gasteiger partial charge in [0.2, 0.25) is 0 Å². The predicted octanol–water partition coefficient (Wildman–Crippen LogP) is 4.87. The van der Waals surface area contributed by atoms with E-state index >= 15 is 0 Å². The van der Waals surface area contributed by atoms with E-state index in [9.17, 15) is 13.2 Å². The van der Waals surface area contributed by atoms with E-state index in [-0.39, 0.29) is 9.77 Å². The normalized spacial score (nSPS) is 11.7. The van der Waals surface area contributed by atoms with Crippen LogP contribution in [-0.2, 0) is 16.6 Å². The molecule has 0 unspecified atom stereocenters. The van der Waals surface area contributed by atoms with Gasteiger partial charge in [-0.25, -0.2) is 8.42 Å². The van der Waals surface area contributed by atoms with Crippen molar-refractivity contribution in [1.29, 1.82) is 0 Å². The predicted molar refractivity (Wildman–Crippen MR) is 119 cm³/mol. The Morgan fingerprint density at radius 3 is 2.55 bits per heavy atom. The van der Waals surface area contributed by atoms with E-state index < -0.39 is 10.0 Å². The topological polar surface area (TPSA) is 68.2 Å². The van der Waals surface area contributed by atoms with Gasteiger partial charge in [-0.1, -0.05) is 59.3 Å². The Hall–Kier alpha value is -2.61. The summed E-state index contributed by atoms with van der Waals surface area (Å²) in [6.07, 6.45) is 0. The fourth-order valence-corrected chi connectivity index (χ4v) is 5.38. The average molecular weight is 445 g/mol. The van der Waals surface area contributed by atoms with Crippen LogP contribution in [0.1, 0.15) is 11.1 Å². The van der Waals surface area contributed by atoms with Crippen molar-refractivity contribution in [3.8, 4) is 0 Å². The first-order valence-corrected chi connectivity index (χ1v) is 11.5. The summed E-state index contributed by atoms with van der Waals surface area (Å²) in [5.74, 6) is 0. The molecule has 5 nitrogen and oxygen atoms in total. The molecule has 0 saturated heterocycles. The van der Waals surface area contributed by atoms with E-state index in [2.05, 4.69) is 4.72 Å². The lowest BCUT2D eigenvalue weighted by Gasteiger charge is -2.11. The smallest absolute Gasteiger partial charge is 0.294 e. The lowest BCUT2D eigenvalue weighted by atomic mass is 10.2. The zero-order chi connectivity index (χ0) is 20.6. The van der Waals surface area contributed by atoms with Gasteiger partial charge in [0, 0.05) is 5.02 Å². The zero-order valence-corrected chi connectivity index (χ0v) is 17.8. The number of fused-ring (bicyclic) bond motifs is 1. The van der Waals surface area contributed by atoms with Crippen LogP contribution in [-0.4, -0.2) is 13.0 Å². The molecule has 4 rings (SSSR count). The Balaban J connectivity index is 1.70. The van der Waals surface area contributed by atoms with E-state index in [4.69, 9.17) is 11.6 Å². The van der Waals surface area contributed by atoms with Crippen LogP contribution in [0.25, 0.3) is 10.2 Å². The molecule has 0 amide bonds. The minimum Gasteiger partial charge on any atom is -0.294 e. The first-order valence-electron chi connectivity index (χ1n) is 8.80. The first-order chi connectivity index (χ1) is 13.8. The fourth-order valence-electron chi connectivity index (χ4n) is 3.05. The number of rotatable bonds is 5. The van der Waals surface area contributed by atoms with Crippen LogP contribution in [0, 0.1) is 6.92 Å². The highest BCUT2D eigenvalue weighted by Gasteiger charge is 2.18. The van der Waals surface area contributed by atoms with E-state index in [0.29, 0.717) is 33.0 Å². The quantitative estimate of drug-likeness (QED) is 0.477. The maximum atomic E-state index is 12.9. The van der Waals surface area contributed by atoms with E-state index in [0.717, 1.165) is 16.9 Å². The lowest BCUT2D eigenvalue weighted by Crippen LogP contribution is -2.14. The number of halogens is 1. The molecule has 0 atom stereocenters. The molecule has 148 valence electrons. The number of hydrogen-bond acceptors (Lipinski definition) is 4. The third-order valence-corrected chi connectivity index (χ3v) is 7.36. The Kier molecular flexibility index (Phi) is 5.21. The molecule has 0 aliphatic carbocycles. The minimum atomic E-state index is -3.82. The SMILES string of the molecule is Cc1c(Cl)cccc1NS(=O)(=O)c1ccc2c(c1)sc(=O)n2Cc1ccccc1. The fraction of sp³-hybridized carbons (Fsp3) is 0.0952. The van der Waals surface area contributed by atoms with Crippen LogP contribution in [0.3, 0.4) is 0 Å². The second-order valence-corrected chi connectivity index (χ2v) is 9.67. The molecule has 0 fully saturated rings. The number of anilines is 1. The van der Waals surface area contributed by atoms with Crippen molar-refractivity contribution in [1.82, 2.24) is 4.57 Å². The molecule has 0 aliphatic heterocycles. The van der Waals surface area contributed by atoms with Gasteiger partial charge in [-0.3, -0.25) is 14.1 Å². The van der Waals surface area contributed by atoms with Gasteiger partial charge >= 0.3 is 4.87 Å². The van der Waals surface area contributed by atoms with Crippen molar-refractivity contribution < 1.29 is 8.42 Å². The molecule has 1 N–H and O–H groups in total. The standard InChI is InChI=1S/C21H17ClN2O3S2/c1-14-17(22)8-5-9-18(14)23-29(26,27)16-10-11-19-20(12-16)28-21(25)24(19)13-15-6-3-2-4-7-15/h2-12,23H,13H2,1H3. The third-order valence-electron chi connectivity index (χ3n) is 4.65. The van der Waals surface area contributed by atoms with Crippen LogP contribution in [0.4, 0.5) is 5.69 Å². The molecule has 1 aromatic heterocycles. The summed E-state index contributed by atoms with van der Waals surface area (Å²) >= 11 is 7.12. The van der Waals surface area contributed by atoms with E-state index in [1.54, 1.807) is 35.8 Å². The van der Waals surface area contributed by atoms with Gasteiger partial charge in [-0.05, 0) is 48.4 Å². The van der Waals surface area contributed by atoms with E-state index in [1.807, 2.05) is 30.3 Å². The molecule has 4 aromatic rings. The zero-order valence-electron chi connectivity index (χ0n) is 15.4. The summed E-state index contributed by atoms with van der Waals surface area (Å²) in [5, 5.41) is 0.483. The van der Waals surface area contributed by atoms with Crippen molar-refractivity contribution in [2.75, 3.05) is 4.72 Å². The van der Waals surface area contributed by atoms with E-state index in [1.165, 1.54) is 12.1 Å². The molecular formula is C21H17ClN2O3S2. The molecule has 3 aromatic carbocycles. The van der Waals surface area contributed by atoms with Crippen molar-refractivity contribution in [2.45, 2.75) is 18.4 Å². The van der Waals surface area contributed by atoms with Crippen LogP contribution in [0.5, 0.6) is 0 Å². The molecule has 29 heavy (non-hydrogen) atoms. The first kappa shape index (κ1) is 19.7. The van der Waals surface area contributed by atoms with Gasteiger partial charge < -0.3 is 0 Å². The molecule has 0 radical (unpaired) electrons. The van der Waals surface area contributed by atoms with Gasteiger partial charge in [0.1, 0.15) is 0 Å². The summed E-state index contributed by atoms with van der Waals surface area (Å²) in [6.45, 7) is 2.19. The van der Waals surface area contributed by atoms with Gasteiger partial charge in [0.15, 0.2) is 0 Å². The third kappa shape index (κ3) is 3.94. The summed E-state index contributed by atoms with van der Waals surface area (Å²) in [6, 6.07) is 19.4. The number of aromatic nitrogens is 1. The summed E-state index contributed by atoms with van der Waals surface area (Å²) in [4.78, 5) is 12.4. The van der Waals surface area contributed by atoms with Crippen LogP contribution in [0.2, 0.25) is 5.02 Å². The minimum absolute atomic E-state index is 0.0949. The molecule has 8 heteroatoms. The number of benzene rings is 3. The van der Waals surface area contributed by atoms with Crippen LogP contribution >= 0.6 is 22.9 Å². The Bertz CT molecular complexity index is 1360. The average Bonchev–Trinajstić information content (AvgIpc) is 3.01. The highest BCUT2D eigenvalue weighted by atomic mass is 35.5. The molecule has 1 heterocycles. The van der Waals surface area contributed by atoms with Crippen molar-refractivity contribution in [3.63, 3.8) is 0 Å². The number of sulfonamides is 1. The molecular weight excluding hydrogens is 428 g/mol. The van der Waals surface area contributed by atoms with Gasteiger partial charge in [-0.2, -0.15) is 0 Å². The highest BCUT2D eigenvalue weighted by molar-refractivity contribution is 7.92. The van der Waals surface area contributed by atoms with Gasteiger partial charge in [0.25, 0.3) is 10.0 Å². The van der Waals surface area contributed by atoms with Crippen molar-refractivity contribution >= 4 is 48.9 Å². The molecule has 0 spiro atoms. The largest absolute Gasteiger partial charge is 0.308 e.